The Labute approximate surface area is 149 Å². The Morgan fingerprint density at radius 2 is 1.33 bits per heavy atom. The van der Waals surface area contributed by atoms with E-state index >= 15 is 0 Å². The number of hydrogen-bond acceptors (Lipinski definition) is 2. The van der Waals surface area contributed by atoms with Gasteiger partial charge in [0.1, 0.15) is 6.54 Å². The van der Waals surface area contributed by atoms with Crippen LogP contribution in [0.4, 0.5) is 0 Å². The first-order valence-electron chi connectivity index (χ1n) is 9.75. The summed E-state index contributed by atoms with van der Waals surface area (Å²) < 4.78 is 2.33. The van der Waals surface area contributed by atoms with Gasteiger partial charge >= 0.3 is 0 Å². The fourth-order valence-electron chi connectivity index (χ4n) is 2.70. The summed E-state index contributed by atoms with van der Waals surface area (Å²) in [4.78, 5) is 8.89. The largest absolute Gasteiger partial charge is 0.550 e. The van der Waals surface area contributed by atoms with Gasteiger partial charge in [-0.3, -0.25) is 0 Å². The van der Waals surface area contributed by atoms with E-state index in [1.165, 1.54) is 82.7 Å². The Balaban J connectivity index is 0.00000118. The van der Waals surface area contributed by atoms with Crippen molar-refractivity contribution in [1.82, 2.24) is 0 Å². The van der Waals surface area contributed by atoms with E-state index in [4.69, 9.17) is 9.90 Å². The fourth-order valence-corrected chi connectivity index (χ4v) is 2.70. The molecule has 0 unspecified atom stereocenters. The standard InChI is InChI=1S/C19H34N.C2H4O2/c1-3-5-6-7-8-9-10-11-12-16-20-17-14-19(13-4-2)15-18-20;1-2(3)4/h14-15,17-18H,3-13,16H2,1-2H3;1H3,(H,3,4)/q+1;/p-1. The van der Waals surface area contributed by atoms with Crippen LogP contribution in [0.3, 0.4) is 0 Å². The third-order valence-corrected chi connectivity index (χ3v) is 4.02. The van der Waals surface area contributed by atoms with Gasteiger partial charge < -0.3 is 9.90 Å². The van der Waals surface area contributed by atoms with Gasteiger partial charge in [-0.25, -0.2) is 4.57 Å². The van der Waals surface area contributed by atoms with Gasteiger partial charge in [-0.05, 0) is 25.3 Å². The van der Waals surface area contributed by atoms with Crippen molar-refractivity contribution in [1.29, 1.82) is 0 Å². The van der Waals surface area contributed by atoms with E-state index in [2.05, 4.69) is 42.9 Å². The van der Waals surface area contributed by atoms with Crippen LogP contribution in [-0.4, -0.2) is 5.97 Å². The van der Waals surface area contributed by atoms with Gasteiger partial charge in [0.15, 0.2) is 12.4 Å². The first-order chi connectivity index (χ1) is 11.6. The van der Waals surface area contributed by atoms with E-state index in [0.29, 0.717) is 0 Å². The number of rotatable bonds is 12. The number of carboxylic acid groups (broad SMARTS) is 1. The molecule has 0 bridgehead atoms. The molecule has 0 aliphatic carbocycles. The minimum Gasteiger partial charge on any atom is -0.550 e. The number of carbonyl (C=O) groups excluding carboxylic acids is 1. The minimum atomic E-state index is -1.08. The summed E-state index contributed by atoms with van der Waals surface area (Å²) >= 11 is 0. The Hall–Kier alpha value is -1.38. The Morgan fingerprint density at radius 3 is 1.79 bits per heavy atom. The number of aromatic nitrogens is 1. The molecule has 1 aromatic rings. The highest BCUT2D eigenvalue weighted by Crippen LogP contribution is 2.09. The SMILES string of the molecule is CC(=O)[O-].CCCCCCCCCCC[n+]1ccc(CCC)cc1. The number of pyridine rings is 1. The molecule has 0 fully saturated rings. The zero-order valence-corrected chi connectivity index (χ0v) is 16.1. The second-order valence-electron chi connectivity index (χ2n) is 6.51. The molecule has 24 heavy (non-hydrogen) atoms. The number of hydrogen-bond donors (Lipinski definition) is 0. The lowest BCUT2D eigenvalue weighted by Gasteiger charge is -2.01. The first kappa shape index (κ1) is 22.6. The molecule has 0 atom stereocenters. The Morgan fingerprint density at radius 1 is 0.875 bits per heavy atom. The lowest BCUT2D eigenvalue weighted by atomic mass is 10.1. The van der Waals surface area contributed by atoms with Crippen molar-refractivity contribution < 1.29 is 14.5 Å². The van der Waals surface area contributed by atoms with Gasteiger partial charge in [0, 0.05) is 24.5 Å². The van der Waals surface area contributed by atoms with Crippen LogP contribution >= 0.6 is 0 Å². The summed E-state index contributed by atoms with van der Waals surface area (Å²) in [7, 11) is 0. The first-order valence-corrected chi connectivity index (χ1v) is 9.75. The van der Waals surface area contributed by atoms with Crippen molar-refractivity contribution in [3.8, 4) is 0 Å². The highest BCUT2D eigenvalue weighted by molar-refractivity contribution is 5.60. The van der Waals surface area contributed by atoms with Gasteiger partial charge in [-0.15, -0.1) is 0 Å². The average Bonchev–Trinajstić information content (AvgIpc) is 2.54. The topological polar surface area (TPSA) is 44.0 Å². The molecule has 0 aliphatic rings. The van der Waals surface area contributed by atoms with Gasteiger partial charge in [0.05, 0.1) is 0 Å². The molecule has 0 amide bonds. The molecule has 0 radical (unpaired) electrons. The van der Waals surface area contributed by atoms with Crippen molar-refractivity contribution in [3.63, 3.8) is 0 Å². The van der Waals surface area contributed by atoms with Crippen LogP contribution in [0.5, 0.6) is 0 Å². The molecule has 0 N–H and O–H groups in total. The minimum absolute atomic E-state index is 0.972. The van der Waals surface area contributed by atoms with Crippen LogP contribution in [0.2, 0.25) is 0 Å². The molecule has 1 heterocycles. The average molecular weight is 336 g/mol. The second-order valence-corrected chi connectivity index (χ2v) is 6.51. The molecule has 0 aliphatic heterocycles. The van der Waals surface area contributed by atoms with Crippen LogP contribution in [0.25, 0.3) is 0 Å². The predicted molar refractivity (Wildman–Crippen MR) is 98.5 cm³/mol. The van der Waals surface area contributed by atoms with E-state index < -0.39 is 5.97 Å². The lowest BCUT2D eigenvalue weighted by Crippen LogP contribution is -2.32. The van der Waals surface area contributed by atoms with Gasteiger partial charge in [-0.2, -0.15) is 0 Å². The lowest BCUT2D eigenvalue weighted by molar-refractivity contribution is -0.697. The van der Waals surface area contributed by atoms with Crippen LogP contribution in [-0.2, 0) is 17.8 Å². The van der Waals surface area contributed by atoms with Gasteiger partial charge in [0.2, 0.25) is 0 Å². The third-order valence-electron chi connectivity index (χ3n) is 4.02. The van der Waals surface area contributed by atoms with Crippen molar-refractivity contribution >= 4 is 5.97 Å². The summed E-state index contributed by atoms with van der Waals surface area (Å²) in [6.45, 7) is 6.68. The van der Waals surface area contributed by atoms with Crippen molar-refractivity contribution in [2.24, 2.45) is 0 Å². The van der Waals surface area contributed by atoms with E-state index in [1.54, 1.807) is 0 Å². The number of carbonyl (C=O) groups is 1. The van der Waals surface area contributed by atoms with Crippen LogP contribution in [0.1, 0.15) is 90.5 Å². The highest BCUT2D eigenvalue weighted by Gasteiger charge is 2.00. The molecule has 0 saturated carbocycles. The van der Waals surface area contributed by atoms with E-state index in [9.17, 15) is 0 Å². The zero-order chi connectivity index (χ0) is 18.0. The predicted octanol–water partition coefficient (Wildman–Crippen LogP) is 4.21. The number of nitrogens with zero attached hydrogens (tertiary/aromatic N) is 1. The van der Waals surface area contributed by atoms with Gasteiger partial charge in [0.25, 0.3) is 0 Å². The normalized spacial score (nSPS) is 10.1. The number of carboxylic acids is 1. The maximum absolute atomic E-state index is 8.89. The van der Waals surface area contributed by atoms with Gasteiger partial charge in [-0.1, -0.05) is 65.2 Å². The Bertz CT molecular complexity index is 397. The van der Waals surface area contributed by atoms with E-state index in [0.717, 1.165) is 6.92 Å². The fraction of sp³-hybridized carbons (Fsp3) is 0.714. The quantitative estimate of drug-likeness (QED) is 0.424. The molecule has 1 rings (SSSR count). The summed E-state index contributed by atoms with van der Waals surface area (Å²) in [5, 5.41) is 8.89. The van der Waals surface area contributed by atoms with Crippen LogP contribution in [0.15, 0.2) is 24.5 Å². The number of aliphatic carboxylic acids is 1. The van der Waals surface area contributed by atoms with Crippen LogP contribution < -0.4 is 9.67 Å². The molecule has 0 aromatic carbocycles. The molecule has 0 spiro atoms. The van der Waals surface area contributed by atoms with Crippen molar-refractivity contribution in [2.75, 3.05) is 0 Å². The molecule has 0 saturated heterocycles. The summed E-state index contributed by atoms with van der Waals surface area (Å²) in [5.41, 5.74) is 1.47. The maximum Gasteiger partial charge on any atom is 0.169 e. The van der Waals surface area contributed by atoms with Crippen molar-refractivity contribution in [2.45, 2.75) is 97.9 Å². The second kappa shape index (κ2) is 16.5. The van der Waals surface area contributed by atoms with Crippen LogP contribution in [0, 0.1) is 0 Å². The Kier molecular flexibility index (Phi) is 15.5. The molecule has 138 valence electrons. The number of aryl methyl sites for hydroxylation is 2. The molecule has 3 nitrogen and oxygen atoms in total. The molecular formula is C21H37NO2. The molecular weight excluding hydrogens is 298 g/mol. The van der Waals surface area contributed by atoms with Crippen molar-refractivity contribution in [3.05, 3.63) is 30.1 Å². The van der Waals surface area contributed by atoms with E-state index in [-0.39, 0.29) is 0 Å². The third kappa shape index (κ3) is 15.5. The smallest absolute Gasteiger partial charge is 0.169 e. The maximum atomic E-state index is 8.89. The number of unbranched alkanes of at least 4 members (excludes halogenated alkanes) is 8. The summed E-state index contributed by atoms with van der Waals surface area (Å²) in [6.07, 6.45) is 19.6. The zero-order valence-electron chi connectivity index (χ0n) is 16.1. The molecule has 3 heteroatoms. The molecule has 1 aromatic heterocycles. The highest BCUT2D eigenvalue weighted by atomic mass is 16.4. The van der Waals surface area contributed by atoms with E-state index in [1.807, 2.05) is 0 Å². The summed E-state index contributed by atoms with van der Waals surface area (Å²) in [6, 6.07) is 4.55. The summed E-state index contributed by atoms with van der Waals surface area (Å²) in [5.74, 6) is -1.08. The monoisotopic (exact) mass is 335 g/mol.